The second-order valence-electron chi connectivity index (χ2n) is 7.97. The first-order valence-electron chi connectivity index (χ1n) is 9.89. The largest absolute Gasteiger partial charge is 0.326 e. The minimum Gasteiger partial charge on any atom is -0.323 e. The first-order chi connectivity index (χ1) is 13.1. The third-order valence-electron chi connectivity index (χ3n) is 6.08. The maximum absolute atomic E-state index is 12.9. The SMILES string of the molecule is O=C1NC2(CCCCC2)C(=O)N1CN1CCN(Cc2ccc(Cl)cc2)CC1. The number of halogens is 1. The molecular weight excluding hydrogens is 364 g/mol. The highest BCUT2D eigenvalue weighted by Gasteiger charge is 2.51. The summed E-state index contributed by atoms with van der Waals surface area (Å²) in [5.41, 5.74) is 0.632. The number of carbonyl (C=O) groups excluding carboxylic acids is 2. The van der Waals surface area contributed by atoms with Crippen LogP contribution >= 0.6 is 11.6 Å². The van der Waals surface area contributed by atoms with Crippen molar-refractivity contribution >= 4 is 23.5 Å². The molecule has 0 radical (unpaired) electrons. The van der Waals surface area contributed by atoms with Gasteiger partial charge in [0.15, 0.2) is 0 Å². The van der Waals surface area contributed by atoms with Crippen molar-refractivity contribution in [1.29, 1.82) is 0 Å². The fraction of sp³-hybridized carbons (Fsp3) is 0.600. The standard InChI is InChI=1S/C20H27ClN4O2/c21-17-6-4-16(5-7-17)14-23-10-12-24(13-11-23)15-25-18(26)20(22-19(25)27)8-2-1-3-9-20/h4-7H,1-3,8-15H2,(H,22,27). The number of rotatable bonds is 4. The molecule has 0 atom stereocenters. The van der Waals surface area contributed by atoms with E-state index in [1.54, 1.807) is 0 Å². The maximum Gasteiger partial charge on any atom is 0.326 e. The van der Waals surface area contributed by atoms with E-state index in [-0.39, 0.29) is 11.9 Å². The van der Waals surface area contributed by atoms with Crippen LogP contribution in [0.4, 0.5) is 4.79 Å². The van der Waals surface area contributed by atoms with Crippen LogP contribution in [0, 0.1) is 0 Å². The summed E-state index contributed by atoms with van der Waals surface area (Å²) in [5, 5.41) is 3.75. The molecule has 1 aromatic rings. The van der Waals surface area contributed by atoms with Gasteiger partial charge in [-0.2, -0.15) is 0 Å². The van der Waals surface area contributed by atoms with Gasteiger partial charge in [0, 0.05) is 37.7 Å². The van der Waals surface area contributed by atoms with Crippen LogP contribution in [0.1, 0.15) is 37.7 Å². The molecule has 3 aliphatic rings. The average molecular weight is 391 g/mol. The van der Waals surface area contributed by atoms with Gasteiger partial charge in [-0.15, -0.1) is 0 Å². The van der Waals surface area contributed by atoms with E-state index in [4.69, 9.17) is 11.6 Å². The Hall–Kier alpha value is -1.63. The Morgan fingerprint density at radius 3 is 2.22 bits per heavy atom. The molecule has 3 amide bonds. The molecule has 1 saturated carbocycles. The topological polar surface area (TPSA) is 55.9 Å². The zero-order valence-electron chi connectivity index (χ0n) is 15.6. The van der Waals surface area contributed by atoms with E-state index in [0.29, 0.717) is 6.67 Å². The van der Waals surface area contributed by atoms with Crippen molar-refractivity contribution in [2.24, 2.45) is 0 Å². The summed E-state index contributed by atoms with van der Waals surface area (Å²) in [7, 11) is 0. The number of urea groups is 1. The molecule has 1 N–H and O–H groups in total. The lowest BCUT2D eigenvalue weighted by atomic mass is 9.82. The quantitative estimate of drug-likeness (QED) is 0.803. The molecule has 4 rings (SSSR count). The highest BCUT2D eigenvalue weighted by atomic mass is 35.5. The third-order valence-corrected chi connectivity index (χ3v) is 6.33. The number of piperazine rings is 1. The Balaban J connectivity index is 1.29. The number of hydrogen-bond acceptors (Lipinski definition) is 4. The van der Waals surface area contributed by atoms with Gasteiger partial charge in [-0.3, -0.25) is 14.6 Å². The molecule has 3 fully saturated rings. The molecule has 0 aromatic heterocycles. The van der Waals surface area contributed by atoms with Crippen molar-refractivity contribution in [2.75, 3.05) is 32.8 Å². The van der Waals surface area contributed by atoms with E-state index in [0.717, 1.165) is 69.9 Å². The van der Waals surface area contributed by atoms with Crippen LogP contribution in [0.3, 0.4) is 0 Å². The normalized spacial score (nSPS) is 23.8. The predicted octanol–water partition coefficient (Wildman–Crippen LogP) is 2.67. The van der Waals surface area contributed by atoms with Gasteiger partial charge < -0.3 is 5.32 Å². The highest BCUT2D eigenvalue weighted by Crippen LogP contribution is 2.33. The third kappa shape index (κ3) is 3.98. The molecule has 146 valence electrons. The molecule has 1 spiro atoms. The second-order valence-corrected chi connectivity index (χ2v) is 8.40. The number of amides is 3. The van der Waals surface area contributed by atoms with Crippen molar-refractivity contribution in [3.05, 3.63) is 34.9 Å². The number of nitrogens with zero attached hydrogens (tertiary/aromatic N) is 3. The molecule has 2 saturated heterocycles. The van der Waals surface area contributed by atoms with Crippen LogP contribution in [-0.2, 0) is 11.3 Å². The monoisotopic (exact) mass is 390 g/mol. The van der Waals surface area contributed by atoms with Gasteiger partial charge in [-0.1, -0.05) is 43.0 Å². The maximum atomic E-state index is 12.9. The van der Waals surface area contributed by atoms with Gasteiger partial charge in [0.2, 0.25) is 0 Å². The van der Waals surface area contributed by atoms with E-state index in [2.05, 4.69) is 27.2 Å². The second kappa shape index (κ2) is 7.78. The van der Waals surface area contributed by atoms with E-state index in [1.165, 1.54) is 10.5 Å². The molecular formula is C20H27ClN4O2. The first kappa shape index (κ1) is 18.7. The lowest BCUT2D eigenvalue weighted by Gasteiger charge is -2.36. The zero-order chi connectivity index (χ0) is 18.9. The van der Waals surface area contributed by atoms with Gasteiger partial charge in [0.05, 0.1) is 6.67 Å². The van der Waals surface area contributed by atoms with Crippen LogP contribution in [-0.4, -0.2) is 65.0 Å². The summed E-state index contributed by atoms with van der Waals surface area (Å²) in [6.45, 7) is 4.88. The molecule has 2 aliphatic heterocycles. The molecule has 6 nitrogen and oxygen atoms in total. The number of nitrogens with one attached hydrogen (secondary N) is 1. The smallest absolute Gasteiger partial charge is 0.323 e. The number of hydrogen-bond donors (Lipinski definition) is 1. The average Bonchev–Trinajstić information content (AvgIpc) is 2.90. The summed E-state index contributed by atoms with van der Waals surface area (Å²) in [4.78, 5) is 31.3. The minimum atomic E-state index is -0.619. The molecule has 0 bridgehead atoms. The molecule has 0 unspecified atom stereocenters. The summed E-state index contributed by atoms with van der Waals surface area (Å²) >= 11 is 5.95. The highest BCUT2D eigenvalue weighted by molar-refractivity contribution is 6.30. The Labute approximate surface area is 165 Å². The molecule has 1 aliphatic carbocycles. The Morgan fingerprint density at radius 2 is 1.56 bits per heavy atom. The van der Waals surface area contributed by atoms with E-state index in [1.807, 2.05) is 12.1 Å². The number of benzene rings is 1. The fourth-order valence-corrected chi connectivity index (χ4v) is 4.56. The van der Waals surface area contributed by atoms with E-state index in [9.17, 15) is 9.59 Å². The summed E-state index contributed by atoms with van der Waals surface area (Å²) in [6, 6.07) is 7.75. The van der Waals surface area contributed by atoms with Crippen molar-refractivity contribution < 1.29 is 9.59 Å². The fourth-order valence-electron chi connectivity index (χ4n) is 4.44. The van der Waals surface area contributed by atoms with Crippen molar-refractivity contribution in [2.45, 2.75) is 44.2 Å². The van der Waals surface area contributed by atoms with Crippen LogP contribution in [0.5, 0.6) is 0 Å². The van der Waals surface area contributed by atoms with Gasteiger partial charge in [0.25, 0.3) is 5.91 Å². The predicted molar refractivity (Wildman–Crippen MR) is 104 cm³/mol. The van der Waals surface area contributed by atoms with Crippen LogP contribution in [0.25, 0.3) is 0 Å². The molecule has 1 aromatic carbocycles. The van der Waals surface area contributed by atoms with Crippen molar-refractivity contribution in [3.63, 3.8) is 0 Å². The van der Waals surface area contributed by atoms with Gasteiger partial charge in [0.1, 0.15) is 5.54 Å². The van der Waals surface area contributed by atoms with Crippen molar-refractivity contribution in [3.8, 4) is 0 Å². The number of carbonyl (C=O) groups is 2. The van der Waals surface area contributed by atoms with Gasteiger partial charge >= 0.3 is 6.03 Å². The number of imide groups is 1. The van der Waals surface area contributed by atoms with E-state index >= 15 is 0 Å². The van der Waals surface area contributed by atoms with E-state index < -0.39 is 5.54 Å². The Morgan fingerprint density at radius 1 is 0.926 bits per heavy atom. The van der Waals surface area contributed by atoms with Crippen LogP contribution in [0.15, 0.2) is 24.3 Å². The van der Waals surface area contributed by atoms with Crippen LogP contribution < -0.4 is 5.32 Å². The van der Waals surface area contributed by atoms with Crippen LogP contribution in [0.2, 0.25) is 5.02 Å². The van der Waals surface area contributed by atoms with Gasteiger partial charge in [-0.05, 0) is 30.5 Å². The lowest BCUT2D eigenvalue weighted by Crippen LogP contribution is -2.52. The van der Waals surface area contributed by atoms with Crippen molar-refractivity contribution in [1.82, 2.24) is 20.0 Å². The molecule has 7 heteroatoms. The summed E-state index contributed by atoms with van der Waals surface area (Å²) < 4.78 is 0. The first-order valence-corrected chi connectivity index (χ1v) is 10.3. The molecule has 27 heavy (non-hydrogen) atoms. The Bertz CT molecular complexity index is 694. The summed E-state index contributed by atoms with van der Waals surface area (Å²) in [6.07, 6.45) is 4.75. The Kier molecular flexibility index (Phi) is 5.39. The minimum absolute atomic E-state index is 0.0178. The van der Waals surface area contributed by atoms with Gasteiger partial charge in [-0.25, -0.2) is 9.69 Å². The summed E-state index contributed by atoms with van der Waals surface area (Å²) in [5.74, 6) is -0.0178. The zero-order valence-corrected chi connectivity index (χ0v) is 16.4. The lowest BCUT2D eigenvalue weighted by molar-refractivity contribution is -0.134. The molecule has 2 heterocycles.